The van der Waals surface area contributed by atoms with Crippen LogP contribution in [0.5, 0.6) is 11.5 Å². The maximum atomic E-state index is 11.3. The Labute approximate surface area is 94.3 Å². The van der Waals surface area contributed by atoms with Gasteiger partial charge >= 0.3 is 0 Å². The van der Waals surface area contributed by atoms with Gasteiger partial charge in [-0.1, -0.05) is 0 Å². The summed E-state index contributed by atoms with van der Waals surface area (Å²) in [4.78, 5) is 22.1. The van der Waals surface area contributed by atoms with Gasteiger partial charge < -0.3 is 9.47 Å². The molecule has 4 nitrogen and oxygen atoms in total. The molecule has 0 saturated carbocycles. The summed E-state index contributed by atoms with van der Waals surface area (Å²) in [5.74, 6) is 0.507. The molecule has 0 bridgehead atoms. The lowest BCUT2D eigenvalue weighted by atomic mass is 10.1. The first-order valence-corrected chi connectivity index (χ1v) is 5.11. The van der Waals surface area contributed by atoms with Gasteiger partial charge in [-0.25, -0.2) is 0 Å². The highest BCUT2D eigenvalue weighted by molar-refractivity contribution is 9.19. The van der Waals surface area contributed by atoms with Gasteiger partial charge in [-0.3, -0.25) is 9.59 Å². The van der Waals surface area contributed by atoms with Crippen molar-refractivity contribution in [1.29, 1.82) is 0 Å². The summed E-state index contributed by atoms with van der Waals surface area (Å²) in [7, 11) is 0. The molecule has 0 aromatic heterocycles. The Morgan fingerprint density at radius 2 is 1.80 bits per heavy atom. The number of halogens is 1. The standard InChI is InChI=1S/C10H7BrO4/c11-10(13)9(12)6-1-2-7-8(5-6)15-4-3-14-7/h1-2,5H,3-4H2. The molecule has 1 aliphatic heterocycles. The van der Waals surface area contributed by atoms with E-state index in [1.807, 2.05) is 0 Å². The Balaban J connectivity index is 2.36. The molecule has 0 fully saturated rings. The van der Waals surface area contributed by atoms with Crippen LogP contribution in [0, 0.1) is 0 Å². The number of rotatable bonds is 2. The Kier molecular flexibility index (Phi) is 2.73. The minimum atomic E-state index is -0.667. The van der Waals surface area contributed by atoms with E-state index in [1.54, 1.807) is 6.07 Å². The summed E-state index contributed by atoms with van der Waals surface area (Å²) in [6, 6.07) is 4.67. The van der Waals surface area contributed by atoms with E-state index in [2.05, 4.69) is 15.9 Å². The Morgan fingerprint density at radius 1 is 1.13 bits per heavy atom. The summed E-state index contributed by atoms with van der Waals surface area (Å²) < 4.78 is 9.91. The van der Waals surface area contributed by atoms with Crippen molar-refractivity contribution < 1.29 is 19.1 Å². The van der Waals surface area contributed by atoms with Gasteiger partial charge in [0.25, 0.3) is 4.69 Å². The van der Waals surface area contributed by atoms with Crippen LogP contribution < -0.4 is 9.47 Å². The average Bonchev–Trinajstić information content (AvgIpc) is 2.27. The number of Topliss-reactive ketones (excluding diaryl/α,β-unsaturated/α-hetero) is 1. The molecule has 1 heterocycles. The van der Waals surface area contributed by atoms with Crippen LogP contribution in [-0.4, -0.2) is 23.7 Å². The van der Waals surface area contributed by atoms with Crippen molar-refractivity contribution in [3.8, 4) is 11.5 Å². The van der Waals surface area contributed by atoms with E-state index in [0.717, 1.165) is 0 Å². The highest BCUT2D eigenvalue weighted by Crippen LogP contribution is 2.30. The van der Waals surface area contributed by atoms with Crippen LogP contribution in [0.15, 0.2) is 18.2 Å². The predicted molar refractivity (Wildman–Crippen MR) is 55.7 cm³/mol. The number of hydrogen-bond acceptors (Lipinski definition) is 4. The molecule has 0 spiro atoms. The third-order valence-electron chi connectivity index (χ3n) is 1.98. The number of carbonyl (C=O) groups is 2. The first-order valence-electron chi connectivity index (χ1n) is 4.32. The fourth-order valence-electron chi connectivity index (χ4n) is 1.30. The molecule has 15 heavy (non-hydrogen) atoms. The van der Waals surface area contributed by atoms with E-state index in [9.17, 15) is 9.59 Å². The second-order valence-electron chi connectivity index (χ2n) is 2.96. The van der Waals surface area contributed by atoms with Crippen molar-refractivity contribution in [2.24, 2.45) is 0 Å². The summed E-state index contributed by atoms with van der Waals surface area (Å²) >= 11 is 2.61. The molecule has 1 aromatic rings. The molecule has 0 aliphatic carbocycles. The molecule has 0 N–H and O–H groups in total. The number of carbonyl (C=O) groups excluding carboxylic acids is 2. The van der Waals surface area contributed by atoms with Gasteiger partial charge in [0.1, 0.15) is 13.2 Å². The van der Waals surface area contributed by atoms with Crippen LogP contribution in [0.2, 0.25) is 0 Å². The molecule has 0 saturated heterocycles. The largest absolute Gasteiger partial charge is 0.486 e. The third-order valence-corrected chi connectivity index (χ3v) is 2.34. The summed E-state index contributed by atoms with van der Waals surface area (Å²) in [5, 5.41) is 0. The van der Waals surface area contributed by atoms with Crippen LogP contribution in [0.4, 0.5) is 0 Å². The zero-order valence-electron chi connectivity index (χ0n) is 7.66. The van der Waals surface area contributed by atoms with Gasteiger partial charge in [0.05, 0.1) is 0 Å². The Hall–Kier alpha value is -1.36. The molecule has 0 atom stereocenters. The van der Waals surface area contributed by atoms with Crippen molar-refractivity contribution in [2.75, 3.05) is 13.2 Å². The van der Waals surface area contributed by atoms with Gasteiger partial charge in [0.15, 0.2) is 11.5 Å². The lowest BCUT2D eigenvalue weighted by Crippen LogP contribution is -2.16. The van der Waals surface area contributed by atoms with Gasteiger partial charge in [0, 0.05) is 21.5 Å². The number of ketones is 1. The van der Waals surface area contributed by atoms with Crippen molar-refractivity contribution >= 4 is 26.4 Å². The lowest BCUT2D eigenvalue weighted by molar-refractivity contribution is -0.106. The molecule has 5 heteroatoms. The fourth-order valence-corrected chi connectivity index (χ4v) is 1.53. The summed E-state index contributed by atoms with van der Waals surface area (Å²) in [5.41, 5.74) is 0.293. The zero-order valence-corrected chi connectivity index (χ0v) is 9.24. The highest BCUT2D eigenvalue weighted by atomic mass is 79.9. The maximum absolute atomic E-state index is 11.3. The fraction of sp³-hybridized carbons (Fsp3) is 0.200. The molecule has 1 aromatic carbocycles. The molecular formula is C10H7BrO4. The quantitative estimate of drug-likeness (QED) is 0.465. The van der Waals surface area contributed by atoms with E-state index < -0.39 is 10.5 Å². The number of fused-ring (bicyclic) bond motifs is 1. The first-order chi connectivity index (χ1) is 7.18. The van der Waals surface area contributed by atoms with Gasteiger partial charge in [-0.2, -0.15) is 0 Å². The molecule has 0 amide bonds. The smallest absolute Gasteiger partial charge is 0.268 e. The second kappa shape index (κ2) is 4.02. The summed E-state index contributed by atoms with van der Waals surface area (Å²) in [6.07, 6.45) is 0. The number of hydrogen-bond donors (Lipinski definition) is 0. The minimum Gasteiger partial charge on any atom is -0.486 e. The van der Waals surface area contributed by atoms with Gasteiger partial charge in [-0.15, -0.1) is 0 Å². The number of benzene rings is 1. The van der Waals surface area contributed by atoms with E-state index in [-0.39, 0.29) is 0 Å². The SMILES string of the molecule is O=C(Br)C(=O)c1ccc2c(c1)OCCO2. The third kappa shape index (κ3) is 2.02. The van der Waals surface area contributed by atoms with Gasteiger partial charge in [-0.05, 0) is 18.2 Å². The van der Waals surface area contributed by atoms with Crippen LogP contribution in [-0.2, 0) is 4.79 Å². The van der Waals surface area contributed by atoms with Crippen molar-refractivity contribution in [2.45, 2.75) is 0 Å². The van der Waals surface area contributed by atoms with Crippen LogP contribution >= 0.6 is 15.9 Å². The van der Waals surface area contributed by atoms with Crippen molar-refractivity contribution in [3.05, 3.63) is 23.8 Å². The van der Waals surface area contributed by atoms with Crippen LogP contribution in [0.25, 0.3) is 0 Å². The predicted octanol–water partition coefficient (Wildman–Crippen LogP) is 1.56. The Bertz CT molecular complexity index is 427. The molecule has 1 aliphatic rings. The monoisotopic (exact) mass is 270 g/mol. The minimum absolute atomic E-state index is 0.293. The molecular weight excluding hydrogens is 264 g/mol. The van der Waals surface area contributed by atoms with E-state index in [1.165, 1.54) is 12.1 Å². The summed E-state index contributed by atoms with van der Waals surface area (Å²) in [6.45, 7) is 0.949. The molecule has 2 rings (SSSR count). The van der Waals surface area contributed by atoms with Crippen LogP contribution in [0.3, 0.4) is 0 Å². The Morgan fingerprint density at radius 3 is 2.47 bits per heavy atom. The maximum Gasteiger partial charge on any atom is 0.268 e. The topological polar surface area (TPSA) is 52.6 Å². The molecule has 0 unspecified atom stereocenters. The van der Waals surface area contributed by atoms with E-state index >= 15 is 0 Å². The first kappa shape index (κ1) is 10.2. The average molecular weight is 271 g/mol. The van der Waals surface area contributed by atoms with E-state index in [0.29, 0.717) is 30.3 Å². The molecule has 78 valence electrons. The lowest BCUT2D eigenvalue weighted by Gasteiger charge is -2.18. The van der Waals surface area contributed by atoms with Crippen LogP contribution in [0.1, 0.15) is 10.4 Å². The van der Waals surface area contributed by atoms with Crippen molar-refractivity contribution in [3.63, 3.8) is 0 Å². The second-order valence-corrected chi connectivity index (χ2v) is 3.68. The zero-order chi connectivity index (χ0) is 10.8. The van der Waals surface area contributed by atoms with Crippen molar-refractivity contribution in [1.82, 2.24) is 0 Å². The number of ether oxygens (including phenoxy) is 2. The molecule has 0 radical (unpaired) electrons. The highest BCUT2D eigenvalue weighted by Gasteiger charge is 2.17. The normalized spacial score (nSPS) is 13.4. The van der Waals surface area contributed by atoms with E-state index in [4.69, 9.17) is 9.47 Å². The van der Waals surface area contributed by atoms with Gasteiger partial charge in [0.2, 0.25) is 5.78 Å².